The summed E-state index contributed by atoms with van der Waals surface area (Å²) in [7, 11) is 0. The van der Waals surface area contributed by atoms with Crippen LogP contribution in [-0.2, 0) is 17.1 Å². The molecule has 0 unspecified atom stereocenters. The summed E-state index contributed by atoms with van der Waals surface area (Å²) in [5.74, 6) is 0. The van der Waals surface area contributed by atoms with Gasteiger partial charge in [-0.1, -0.05) is 0 Å². The number of thiophene rings is 2. The Morgan fingerprint density at radius 1 is 0.909 bits per heavy atom. The first kappa shape index (κ1) is 7.66. The van der Waals surface area contributed by atoms with Crippen molar-refractivity contribution in [3.8, 4) is 0 Å². The molecule has 0 aliphatic carbocycles. The van der Waals surface area contributed by atoms with Crippen molar-refractivity contribution in [2.24, 2.45) is 0 Å². The quantitative estimate of drug-likeness (QED) is 0.692. The van der Waals surface area contributed by atoms with E-state index in [0.717, 1.165) is 0 Å². The summed E-state index contributed by atoms with van der Waals surface area (Å²) in [5.41, 5.74) is 0. The van der Waals surface area contributed by atoms with E-state index in [1.807, 2.05) is 22.7 Å². The third kappa shape index (κ3) is 1.99. The fraction of sp³-hybridized carbons (Fsp3) is 0. The van der Waals surface area contributed by atoms with E-state index < -0.39 is 17.1 Å². The van der Waals surface area contributed by atoms with Gasteiger partial charge in [-0.3, -0.25) is 0 Å². The zero-order valence-corrected chi connectivity index (χ0v) is 10.6. The number of hydrogen-bond acceptors (Lipinski definition) is 2. The summed E-state index contributed by atoms with van der Waals surface area (Å²) in [4.78, 5) is 0. The summed E-state index contributed by atoms with van der Waals surface area (Å²) in [6.07, 6.45) is 0. The second-order valence-corrected chi connectivity index (χ2v) is 10.5. The molecule has 0 bridgehead atoms. The molecule has 2 heterocycles. The van der Waals surface area contributed by atoms with Crippen LogP contribution < -0.4 is 6.94 Å². The SMILES string of the molecule is c1cs[c]([Zn][c]2cccs2)c1. The summed E-state index contributed by atoms with van der Waals surface area (Å²) in [6, 6.07) is 8.84. The fourth-order valence-electron chi connectivity index (χ4n) is 0.998. The molecular formula is C8H6S2Zn. The molecule has 3 heteroatoms. The van der Waals surface area contributed by atoms with E-state index in [4.69, 9.17) is 0 Å². The van der Waals surface area contributed by atoms with E-state index >= 15 is 0 Å². The molecule has 0 spiro atoms. The molecule has 0 atom stereocenters. The maximum absolute atomic E-state index is 2.27. The molecule has 0 radical (unpaired) electrons. The fourth-order valence-corrected chi connectivity index (χ4v) is 8.28. The summed E-state index contributed by atoms with van der Waals surface area (Å²) < 4.78 is 3.28. The zero-order valence-electron chi connectivity index (χ0n) is 5.99. The van der Waals surface area contributed by atoms with Crippen molar-refractivity contribution in [1.29, 1.82) is 0 Å². The zero-order chi connectivity index (χ0) is 7.52. The van der Waals surface area contributed by atoms with Gasteiger partial charge in [-0.2, -0.15) is 0 Å². The topological polar surface area (TPSA) is 0 Å². The third-order valence-corrected chi connectivity index (χ3v) is 9.02. The van der Waals surface area contributed by atoms with E-state index in [1.165, 1.54) is 0 Å². The van der Waals surface area contributed by atoms with Gasteiger partial charge in [0.05, 0.1) is 0 Å². The Balaban J connectivity index is 2.14. The Hall–Kier alpha value is 0.0234. The predicted molar refractivity (Wildman–Crippen MR) is 47.9 cm³/mol. The number of hydrogen-bond donors (Lipinski definition) is 0. The molecule has 2 rings (SSSR count). The Morgan fingerprint density at radius 2 is 1.45 bits per heavy atom. The van der Waals surface area contributed by atoms with E-state index in [-0.39, 0.29) is 0 Å². The first-order valence-corrected chi connectivity index (χ1v) is 8.22. The van der Waals surface area contributed by atoms with Gasteiger partial charge < -0.3 is 0 Å². The van der Waals surface area contributed by atoms with Crippen LogP contribution in [0.3, 0.4) is 0 Å². The average molecular weight is 232 g/mol. The van der Waals surface area contributed by atoms with Crippen LogP contribution in [0.1, 0.15) is 0 Å². The van der Waals surface area contributed by atoms with E-state index in [9.17, 15) is 0 Å². The monoisotopic (exact) mass is 230 g/mol. The van der Waals surface area contributed by atoms with Gasteiger partial charge in [0, 0.05) is 0 Å². The normalized spacial score (nSPS) is 9.45. The van der Waals surface area contributed by atoms with E-state index in [0.29, 0.717) is 0 Å². The maximum atomic E-state index is 2.27. The Labute approximate surface area is 81.5 Å². The summed E-state index contributed by atoms with van der Waals surface area (Å²) in [5, 5.41) is 4.35. The molecular weight excluding hydrogens is 226 g/mol. The minimum atomic E-state index is -0.539. The van der Waals surface area contributed by atoms with Gasteiger partial charge in [0.25, 0.3) is 0 Å². The van der Waals surface area contributed by atoms with Crippen molar-refractivity contribution >= 4 is 29.6 Å². The molecule has 0 nitrogen and oxygen atoms in total. The van der Waals surface area contributed by atoms with Gasteiger partial charge in [-0.25, -0.2) is 0 Å². The van der Waals surface area contributed by atoms with Crippen LogP contribution in [0.2, 0.25) is 0 Å². The van der Waals surface area contributed by atoms with Crippen molar-refractivity contribution in [2.45, 2.75) is 0 Å². The van der Waals surface area contributed by atoms with Gasteiger partial charge in [0.2, 0.25) is 0 Å². The Morgan fingerprint density at radius 3 is 1.82 bits per heavy atom. The van der Waals surface area contributed by atoms with Gasteiger partial charge in [0.15, 0.2) is 0 Å². The van der Waals surface area contributed by atoms with Gasteiger partial charge in [-0.05, 0) is 0 Å². The van der Waals surface area contributed by atoms with E-state index in [1.54, 1.807) is 6.94 Å². The van der Waals surface area contributed by atoms with Gasteiger partial charge in [0.1, 0.15) is 0 Å². The molecule has 0 fully saturated rings. The van der Waals surface area contributed by atoms with Gasteiger partial charge >= 0.3 is 81.8 Å². The molecule has 52 valence electrons. The van der Waals surface area contributed by atoms with Crippen LogP contribution in [0, 0.1) is 0 Å². The molecule has 0 aliphatic rings. The van der Waals surface area contributed by atoms with Crippen LogP contribution in [-0.4, -0.2) is 0 Å². The molecule has 0 saturated heterocycles. The Bertz CT molecular complexity index is 264. The molecule has 2 aromatic rings. The second-order valence-electron chi connectivity index (χ2n) is 2.34. The predicted octanol–water partition coefficient (Wildman–Crippen LogP) is 1.84. The molecule has 0 aliphatic heterocycles. The van der Waals surface area contributed by atoms with Gasteiger partial charge in [-0.15, -0.1) is 0 Å². The first-order valence-electron chi connectivity index (χ1n) is 3.50. The Kier molecular flexibility index (Phi) is 2.52. The molecule has 0 amide bonds. The average Bonchev–Trinajstić information content (AvgIpc) is 2.60. The molecule has 2 aromatic heterocycles. The molecule has 0 N–H and O–H groups in total. The van der Waals surface area contributed by atoms with Crippen molar-refractivity contribution < 1.29 is 17.1 Å². The van der Waals surface area contributed by atoms with Crippen molar-refractivity contribution in [1.82, 2.24) is 0 Å². The van der Waals surface area contributed by atoms with Crippen LogP contribution in [0.25, 0.3) is 0 Å². The third-order valence-electron chi connectivity index (χ3n) is 1.51. The van der Waals surface area contributed by atoms with Crippen LogP contribution in [0.5, 0.6) is 0 Å². The number of rotatable bonds is 2. The van der Waals surface area contributed by atoms with Crippen LogP contribution in [0.4, 0.5) is 0 Å². The summed E-state index contributed by atoms with van der Waals surface area (Å²) >= 11 is 3.28. The first-order chi connectivity index (χ1) is 5.45. The standard InChI is InChI=1S/2C4H3S.Zn/c2*1-2-4-5-3-1;/h2*1-3H;. The van der Waals surface area contributed by atoms with Crippen molar-refractivity contribution in [3.05, 3.63) is 35.0 Å². The van der Waals surface area contributed by atoms with Crippen molar-refractivity contribution in [3.63, 3.8) is 0 Å². The van der Waals surface area contributed by atoms with Crippen LogP contribution in [0.15, 0.2) is 35.0 Å². The van der Waals surface area contributed by atoms with Crippen LogP contribution >= 0.6 is 22.7 Å². The molecule has 0 saturated carbocycles. The minimum absolute atomic E-state index is 0.539. The molecule has 11 heavy (non-hydrogen) atoms. The summed E-state index contributed by atoms with van der Waals surface area (Å²) in [6.45, 7) is 0. The molecule has 0 aromatic carbocycles. The van der Waals surface area contributed by atoms with Crippen molar-refractivity contribution in [2.75, 3.05) is 0 Å². The second kappa shape index (κ2) is 3.62. The van der Waals surface area contributed by atoms with E-state index in [2.05, 4.69) is 35.0 Å².